The maximum atomic E-state index is 10.9. The number of benzene rings is 1. The van der Waals surface area contributed by atoms with Crippen LogP contribution < -0.4 is 5.73 Å². The Labute approximate surface area is 92.8 Å². The van der Waals surface area contributed by atoms with Crippen LogP contribution in [0.4, 0.5) is 5.69 Å². The predicted molar refractivity (Wildman–Crippen MR) is 59.5 cm³/mol. The zero-order valence-electron chi connectivity index (χ0n) is 8.38. The average Bonchev–Trinajstić information content (AvgIpc) is 2.95. The maximum absolute atomic E-state index is 10.9. The summed E-state index contributed by atoms with van der Waals surface area (Å²) in [4.78, 5) is 10.9. The first-order chi connectivity index (χ1) is 7.02. The second kappa shape index (κ2) is 3.42. The summed E-state index contributed by atoms with van der Waals surface area (Å²) < 4.78 is 0. The Balaban J connectivity index is 2.65. The fraction of sp³-hybridized carbons (Fsp3) is 0.364. The SMILES string of the molecule is Cc1c(Cl)cc(C(=O)O)c(N)c1C1CC1. The van der Waals surface area contributed by atoms with E-state index in [4.69, 9.17) is 22.4 Å². The fourth-order valence-corrected chi connectivity index (χ4v) is 2.07. The van der Waals surface area contributed by atoms with E-state index < -0.39 is 5.97 Å². The van der Waals surface area contributed by atoms with E-state index in [1.54, 1.807) is 0 Å². The minimum Gasteiger partial charge on any atom is -0.478 e. The Morgan fingerprint density at radius 1 is 1.60 bits per heavy atom. The standard InChI is InChI=1S/C11H12ClNO2/c1-5-8(12)4-7(11(14)15)10(13)9(5)6-2-3-6/h4,6H,2-3,13H2,1H3,(H,14,15). The molecule has 3 nitrogen and oxygen atoms in total. The molecule has 0 spiro atoms. The van der Waals surface area contributed by atoms with Gasteiger partial charge in [0.2, 0.25) is 0 Å². The van der Waals surface area contributed by atoms with Crippen LogP contribution in [0.1, 0.15) is 40.2 Å². The second-order valence-corrected chi connectivity index (χ2v) is 4.34. The molecule has 80 valence electrons. The van der Waals surface area contributed by atoms with Gasteiger partial charge in [-0.3, -0.25) is 0 Å². The number of hydrogen-bond donors (Lipinski definition) is 2. The van der Waals surface area contributed by atoms with E-state index in [0.717, 1.165) is 24.0 Å². The Hall–Kier alpha value is -1.22. The molecule has 3 N–H and O–H groups in total. The molecule has 1 saturated carbocycles. The third kappa shape index (κ3) is 1.67. The highest BCUT2D eigenvalue weighted by Crippen LogP contribution is 2.46. The number of hydrogen-bond acceptors (Lipinski definition) is 2. The normalized spacial score (nSPS) is 15.3. The van der Waals surface area contributed by atoms with Gasteiger partial charge >= 0.3 is 5.97 Å². The van der Waals surface area contributed by atoms with Crippen LogP contribution in [-0.2, 0) is 0 Å². The van der Waals surface area contributed by atoms with E-state index >= 15 is 0 Å². The van der Waals surface area contributed by atoms with Crippen molar-refractivity contribution < 1.29 is 9.90 Å². The van der Waals surface area contributed by atoms with Crippen molar-refractivity contribution in [3.05, 3.63) is 27.8 Å². The Bertz CT molecular complexity index is 439. The van der Waals surface area contributed by atoms with Crippen molar-refractivity contribution in [1.29, 1.82) is 0 Å². The zero-order chi connectivity index (χ0) is 11.2. The second-order valence-electron chi connectivity index (χ2n) is 3.94. The molecule has 0 bridgehead atoms. The number of nitrogen functional groups attached to an aromatic ring is 1. The highest BCUT2D eigenvalue weighted by molar-refractivity contribution is 6.32. The number of rotatable bonds is 2. The van der Waals surface area contributed by atoms with Gasteiger partial charge in [-0.25, -0.2) is 4.79 Å². The summed E-state index contributed by atoms with van der Waals surface area (Å²) in [6.45, 7) is 1.89. The highest BCUT2D eigenvalue weighted by Gasteiger charge is 2.30. The summed E-state index contributed by atoms with van der Waals surface area (Å²) in [5.41, 5.74) is 8.20. The first-order valence-electron chi connectivity index (χ1n) is 4.84. The number of carbonyl (C=O) groups is 1. The van der Waals surface area contributed by atoms with Crippen LogP contribution in [0.15, 0.2) is 6.07 Å². The van der Waals surface area contributed by atoms with Gasteiger partial charge in [-0.15, -0.1) is 0 Å². The van der Waals surface area contributed by atoms with Crippen LogP contribution >= 0.6 is 11.6 Å². The molecule has 15 heavy (non-hydrogen) atoms. The van der Waals surface area contributed by atoms with Gasteiger partial charge in [-0.05, 0) is 42.9 Å². The molecule has 0 radical (unpaired) electrons. The largest absolute Gasteiger partial charge is 0.478 e. The lowest BCUT2D eigenvalue weighted by molar-refractivity contribution is 0.0698. The number of carboxylic acid groups (broad SMARTS) is 1. The molecule has 0 atom stereocenters. The van der Waals surface area contributed by atoms with Gasteiger partial charge in [0.15, 0.2) is 0 Å². The van der Waals surface area contributed by atoms with Gasteiger partial charge in [0, 0.05) is 10.7 Å². The van der Waals surface area contributed by atoms with Crippen LogP contribution in [0.2, 0.25) is 5.02 Å². The molecule has 0 unspecified atom stereocenters. The van der Waals surface area contributed by atoms with Crippen molar-refractivity contribution in [2.75, 3.05) is 5.73 Å². The van der Waals surface area contributed by atoms with Gasteiger partial charge in [0.1, 0.15) is 0 Å². The summed E-state index contributed by atoms with van der Waals surface area (Å²) in [6.07, 6.45) is 2.15. The summed E-state index contributed by atoms with van der Waals surface area (Å²) in [6, 6.07) is 1.43. The monoisotopic (exact) mass is 225 g/mol. The molecule has 1 aliphatic rings. The first-order valence-corrected chi connectivity index (χ1v) is 5.22. The molecule has 2 rings (SSSR count). The lowest BCUT2D eigenvalue weighted by Gasteiger charge is -2.12. The number of halogens is 1. The van der Waals surface area contributed by atoms with Gasteiger partial charge in [-0.2, -0.15) is 0 Å². The van der Waals surface area contributed by atoms with Gasteiger partial charge in [-0.1, -0.05) is 11.6 Å². The molecule has 1 fully saturated rings. The molecule has 0 amide bonds. The third-order valence-electron chi connectivity index (χ3n) is 2.83. The molecule has 4 heteroatoms. The van der Waals surface area contributed by atoms with Crippen LogP contribution in [0.5, 0.6) is 0 Å². The summed E-state index contributed by atoms with van der Waals surface area (Å²) in [5.74, 6) is -0.613. The molecule has 1 aromatic rings. The third-order valence-corrected chi connectivity index (χ3v) is 3.22. The molecule has 0 aromatic heterocycles. The van der Waals surface area contributed by atoms with Crippen LogP contribution in [-0.4, -0.2) is 11.1 Å². The van der Waals surface area contributed by atoms with E-state index in [1.165, 1.54) is 6.07 Å². The van der Waals surface area contributed by atoms with E-state index in [-0.39, 0.29) is 5.56 Å². The van der Waals surface area contributed by atoms with Crippen LogP contribution in [0, 0.1) is 6.92 Å². The van der Waals surface area contributed by atoms with E-state index in [9.17, 15) is 4.79 Å². The fourth-order valence-electron chi connectivity index (χ4n) is 1.86. The highest BCUT2D eigenvalue weighted by atomic mass is 35.5. The molecule has 1 aliphatic carbocycles. The minimum atomic E-state index is -1.02. The van der Waals surface area contributed by atoms with Gasteiger partial charge in [0.05, 0.1) is 5.56 Å². The van der Waals surface area contributed by atoms with Crippen molar-refractivity contribution in [2.24, 2.45) is 0 Å². The summed E-state index contributed by atoms with van der Waals surface area (Å²) in [5, 5.41) is 9.46. The number of aromatic carboxylic acids is 1. The Morgan fingerprint density at radius 3 is 2.67 bits per heavy atom. The van der Waals surface area contributed by atoms with E-state index in [2.05, 4.69) is 0 Å². The van der Waals surface area contributed by atoms with Crippen molar-refractivity contribution in [3.8, 4) is 0 Å². The van der Waals surface area contributed by atoms with Gasteiger partial charge in [0.25, 0.3) is 0 Å². The minimum absolute atomic E-state index is 0.118. The lowest BCUT2D eigenvalue weighted by Crippen LogP contribution is -2.07. The van der Waals surface area contributed by atoms with Gasteiger partial charge < -0.3 is 10.8 Å². The lowest BCUT2D eigenvalue weighted by atomic mass is 9.98. The molecular formula is C11H12ClNO2. The summed E-state index contributed by atoms with van der Waals surface area (Å²) >= 11 is 5.99. The predicted octanol–water partition coefficient (Wildman–Crippen LogP) is 2.81. The van der Waals surface area contributed by atoms with Crippen LogP contribution in [0.25, 0.3) is 0 Å². The number of nitrogens with two attached hydrogens (primary N) is 1. The first kappa shape index (κ1) is 10.3. The zero-order valence-corrected chi connectivity index (χ0v) is 9.14. The number of carboxylic acids is 1. The Kier molecular flexibility index (Phi) is 2.35. The molecule has 0 saturated heterocycles. The molecule has 0 heterocycles. The molecule has 0 aliphatic heterocycles. The quantitative estimate of drug-likeness (QED) is 0.761. The summed E-state index contributed by atoms with van der Waals surface area (Å²) in [7, 11) is 0. The van der Waals surface area contributed by atoms with E-state index in [1.807, 2.05) is 6.92 Å². The Morgan fingerprint density at radius 2 is 2.20 bits per heavy atom. The maximum Gasteiger partial charge on any atom is 0.337 e. The van der Waals surface area contributed by atoms with Crippen LogP contribution in [0.3, 0.4) is 0 Å². The van der Waals surface area contributed by atoms with Crippen molar-refractivity contribution in [2.45, 2.75) is 25.7 Å². The van der Waals surface area contributed by atoms with Crippen molar-refractivity contribution in [1.82, 2.24) is 0 Å². The smallest absolute Gasteiger partial charge is 0.337 e. The van der Waals surface area contributed by atoms with E-state index in [0.29, 0.717) is 16.6 Å². The van der Waals surface area contributed by atoms with Crippen molar-refractivity contribution in [3.63, 3.8) is 0 Å². The average molecular weight is 226 g/mol. The molecule has 1 aromatic carbocycles. The topological polar surface area (TPSA) is 63.3 Å². The molecular weight excluding hydrogens is 214 g/mol. The number of anilines is 1. The van der Waals surface area contributed by atoms with Crippen molar-refractivity contribution >= 4 is 23.3 Å².